The van der Waals surface area contributed by atoms with Crippen molar-refractivity contribution in [3.05, 3.63) is 102 Å². The van der Waals surface area contributed by atoms with Crippen LogP contribution in [0.4, 0.5) is 0 Å². The van der Waals surface area contributed by atoms with Gasteiger partial charge in [0.05, 0.1) is 23.9 Å². The van der Waals surface area contributed by atoms with Gasteiger partial charge in [0.15, 0.2) is 0 Å². The molecule has 6 atom stereocenters. The molecule has 0 bridgehead atoms. The summed E-state index contributed by atoms with van der Waals surface area (Å²) in [5, 5.41) is 10.8. The molecule has 1 saturated heterocycles. The third-order valence-electron chi connectivity index (χ3n) is 9.17. The van der Waals surface area contributed by atoms with E-state index in [-0.39, 0.29) is 42.1 Å². The quantitative estimate of drug-likeness (QED) is 0.156. The number of aryl methyl sites for hydroxylation is 1. The van der Waals surface area contributed by atoms with Crippen molar-refractivity contribution in [2.75, 3.05) is 6.61 Å². The van der Waals surface area contributed by atoms with Crippen LogP contribution in [0.5, 0.6) is 0 Å². The molecule has 5 rings (SSSR count). The highest BCUT2D eigenvalue weighted by Gasteiger charge is 2.46. The second-order valence-electron chi connectivity index (χ2n) is 13.0. The van der Waals surface area contributed by atoms with Crippen LogP contribution in [-0.2, 0) is 25.4 Å². The Morgan fingerprint density at radius 2 is 1.80 bits per heavy atom. The average Bonchev–Trinajstić information content (AvgIpc) is 3.26. The summed E-state index contributed by atoms with van der Waals surface area (Å²) in [6, 6.07) is 21.5. The summed E-state index contributed by atoms with van der Waals surface area (Å²) in [4.78, 5) is 29.5. The van der Waals surface area contributed by atoms with Gasteiger partial charge in [-0.3, -0.25) is 9.78 Å². The standard InChI is InChI=1S/C39H47NO6/c1-27(2)45-38(42)12-6-8-29-14-21-34-35(22-20-33(41)19-13-28-9-7-23-40-25-28)37(24-36(34)44-26-29)46-39(43)32-17-15-31(16-18-32)30-10-4-3-5-11-30/h3-5,7,9-11,15-18,20,22-23,25,27,29,33-37,41H,6,8,12-14,19,21,24,26H2,1-2H3/b22-20+/t29-,33?,34+,35+,36-,37+/m0/s1. The van der Waals surface area contributed by atoms with Gasteiger partial charge in [-0.15, -0.1) is 0 Å². The van der Waals surface area contributed by atoms with E-state index in [4.69, 9.17) is 14.2 Å². The van der Waals surface area contributed by atoms with E-state index in [0.29, 0.717) is 37.4 Å². The molecular formula is C39H47NO6. The minimum Gasteiger partial charge on any atom is -0.463 e. The summed E-state index contributed by atoms with van der Waals surface area (Å²) in [5.41, 5.74) is 3.74. The molecule has 2 aromatic carbocycles. The molecule has 1 unspecified atom stereocenters. The van der Waals surface area contributed by atoms with Gasteiger partial charge in [-0.2, -0.15) is 0 Å². The summed E-state index contributed by atoms with van der Waals surface area (Å²) < 4.78 is 17.9. The van der Waals surface area contributed by atoms with E-state index >= 15 is 0 Å². The third-order valence-corrected chi connectivity index (χ3v) is 9.17. The van der Waals surface area contributed by atoms with Crippen LogP contribution in [0.15, 0.2) is 91.3 Å². The number of benzene rings is 2. The van der Waals surface area contributed by atoms with Crippen molar-refractivity contribution in [1.29, 1.82) is 0 Å². The van der Waals surface area contributed by atoms with Gasteiger partial charge in [0, 0.05) is 37.8 Å². The molecule has 1 saturated carbocycles. The molecule has 1 aliphatic heterocycles. The van der Waals surface area contributed by atoms with Crippen LogP contribution in [0.2, 0.25) is 0 Å². The summed E-state index contributed by atoms with van der Waals surface area (Å²) in [7, 11) is 0. The van der Waals surface area contributed by atoms with Crippen molar-refractivity contribution in [2.24, 2.45) is 17.8 Å². The Balaban J connectivity index is 1.23. The van der Waals surface area contributed by atoms with E-state index in [2.05, 4.69) is 11.1 Å². The Kier molecular flexibility index (Phi) is 12.2. The second-order valence-corrected chi connectivity index (χ2v) is 13.0. The predicted octanol–water partition coefficient (Wildman–Crippen LogP) is 7.38. The summed E-state index contributed by atoms with van der Waals surface area (Å²) in [5.74, 6) is -0.00612. The molecule has 2 heterocycles. The van der Waals surface area contributed by atoms with Crippen molar-refractivity contribution in [1.82, 2.24) is 4.98 Å². The van der Waals surface area contributed by atoms with E-state index in [9.17, 15) is 14.7 Å². The van der Waals surface area contributed by atoms with Crippen LogP contribution in [0, 0.1) is 17.8 Å². The first-order chi connectivity index (χ1) is 22.4. The summed E-state index contributed by atoms with van der Waals surface area (Å²) in [6.07, 6.45) is 12.4. The minimum atomic E-state index is -0.619. The number of aliphatic hydroxyl groups excluding tert-OH is 1. The molecule has 3 aromatic rings. The van der Waals surface area contributed by atoms with Gasteiger partial charge in [0.2, 0.25) is 0 Å². The van der Waals surface area contributed by atoms with Crippen molar-refractivity contribution in [3.63, 3.8) is 0 Å². The molecule has 46 heavy (non-hydrogen) atoms. The zero-order valence-electron chi connectivity index (χ0n) is 27.0. The van der Waals surface area contributed by atoms with Crippen molar-refractivity contribution in [3.8, 4) is 11.1 Å². The number of hydrogen-bond donors (Lipinski definition) is 1. The maximum absolute atomic E-state index is 13.4. The van der Waals surface area contributed by atoms with Crippen LogP contribution in [-0.4, -0.2) is 53.1 Å². The third kappa shape index (κ3) is 9.60. The number of aliphatic hydroxyl groups is 1. The minimum absolute atomic E-state index is 0.0312. The molecular weight excluding hydrogens is 578 g/mol. The zero-order chi connectivity index (χ0) is 32.3. The van der Waals surface area contributed by atoms with Gasteiger partial charge in [-0.25, -0.2) is 4.79 Å². The van der Waals surface area contributed by atoms with Gasteiger partial charge in [0.1, 0.15) is 6.10 Å². The van der Waals surface area contributed by atoms with Gasteiger partial charge >= 0.3 is 11.9 Å². The molecule has 0 spiro atoms. The molecule has 1 aromatic heterocycles. The molecule has 1 aliphatic carbocycles. The predicted molar refractivity (Wildman–Crippen MR) is 178 cm³/mol. The highest BCUT2D eigenvalue weighted by Crippen LogP contribution is 2.43. The fourth-order valence-corrected chi connectivity index (χ4v) is 6.75. The second kappa shape index (κ2) is 16.7. The lowest BCUT2D eigenvalue weighted by atomic mass is 9.86. The van der Waals surface area contributed by atoms with Gasteiger partial charge < -0.3 is 19.3 Å². The maximum Gasteiger partial charge on any atom is 0.338 e. The van der Waals surface area contributed by atoms with Gasteiger partial charge in [0.25, 0.3) is 0 Å². The van der Waals surface area contributed by atoms with Crippen molar-refractivity contribution in [2.45, 2.75) is 89.6 Å². The Morgan fingerprint density at radius 3 is 2.54 bits per heavy atom. The summed E-state index contributed by atoms with van der Waals surface area (Å²) in [6.45, 7) is 4.37. The Morgan fingerprint density at radius 1 is 1.02 bits per heavy atom. The molecule has 2 fully saturated rings. The Bertz CT molecular complexity index is 1410. The average molecular weight is 626 g/mol. The number of fused-ring (bicyclic) bond motifs is 1. The first-order valence-corrected chi connectivity index (χ1v) is 16.8. The lowest BCUT2D eigenvalue weighted by molar-refractivity contribution is -0.147. The van der Waals surface area contributed by atoms with E-state index in [1.54, 1.807) is 6.20 Å². The highest BCUT2D eigenvalue weighted by molar-refractivity contribution is 5.90. The van der Waals surface area contributed by atoms with E-state index < -0.39 is 6.10 Å². The van der Waals surface area contributed by atoms with Crippen LogP contribution in [0.25, 0.3) is 11.1 Å². The number of pyridine rings is 1. The maximum atomic E-state index is 13.4. The number of ether oxygens (including phenoxy) is 3. The normalized spacial score (nSPS) is 23.5. The number of nitrogens with zero attached hydrogens (tertiary/aromatic N) is 1. The first kappa shape index (κ1) is 33.6. The number of hydrogen-bond acceptors (Lipinski definition) is 7. The largest absolute Gasteiger partial charge is 0.463 e. The topological polar surface area (TPSA) is 95.0 Å². The van der Waals surface area contributed by atoms with Crippen molar-refractivity contribution >= 4 is 11.9 Å². The molecule has 1 N–H and O–H groups in total. The summed E-state index contributed by atoms with van der Waals surface area (Å²) >= 11 is 0. The van der Waals surface area contributed by atoms with Gasteiger partial charge in [-0.05, 0) is 99.1 Å². The van der Waals surface area contributed by atoms with Crippen LogP contribution in [0.1, 0.15) is 74.7 Å². The fraction of sp³-hybridized carbons (Fsp3) is 0.462. The SMILES string of the molecule is CC(C)OC(=O)CCC[C@H]1CC[C@@H]2[C@@H](/C=C/C(O)CCc3cccnc3)[C@H](OC(=O)c3ccc(-c4ccccc4)cc3)C[C@@H]2OC1. The lowest BCUT2D eigenvalue weighted by Gasteiger charge is -2.23. The highest BCUT2D eigenvalue weighted by atomic mass is 16.6. The molecule has 7 heteroatoms. The van der Waals surface area contributed by atoms with Crippen LogP contribution >= 0.6 is 0 Å². The molecule has 7 nitrogen and oxygen atoms in total. The van der Waals surface area contributed by atoms with Gasteiger partial charge in [-0.1, -0.05) is 60.7 Å². The molecule has 2 aliphatic rings. The molecule has 0 amide bonds. The van der Waals surface area contributed by atoms with E-state index in [0.717, 1.165) is 48.8 Å². The fourth-order valence-electron chi connectivity index (χ4n) is 6.75. The monoisotopic (exact) mass is 625 g/mol. The lowest BCUT2D eigenvalue weighted by Crippen LogP contribution is -2.25. The zero-order valence-corrected chi connectivity index (χ0v) is 27.0. The van der Waals surface area contributed by atoms with Crippen molar-refractivity contribution < 1.29 is 28.9 Å². The number of rotatable bonds is 13. The Labute approximate surface area is 273 Å². The van der Waals surface area contributed by atoms with Crippen LogP contribution in [0.3, 0.4) is 0 Å². The molecule has 244 valence electrons. The van der Waals surface area contributed by atoms with E-state index in [1.807, 2.05) is 92.9 Å². The number of carbonyl (C=O) groups is 2. The first-order valence-electron chi connectivity index (χ1n) is 16.8. The number of aromatic nitrogens is 1. The number of carbonyl (C=O) groups excluding carboxylic acids is 2. The van der Waals surface area contributed by atoms with Crippen LogP contribution < -0.4 is 0 Å². The Hall–Kier alpha value is -3.81. The molecule has 0 radical (unpaired) electrons. The smallest absolute Gasteiger partial charge is 0.338 e. The number of esters is 2. The van der Waals surface area contributed by atoms with E-state index in [1.165, 1.54) is 0 Å².